The Balaban J connectivity index is 3.22. The molecule has 5 nitrogen and oxygen atoms in total. The summed E-state index contributed by atoms with van der Waals surface area (Å²) in [5.74, 6) is -0.129. The van der Waals surface area contributed by atoms with Crippen molar-refractivity contribution in [2.24, 2.45) is 5.73 Å². The van der Waals surface area contributed by atoms with Gasteiger partial charge in [-0.1, -0.05) is 13.8 Å². The number of rotatable bonds is 4. The molecule has 0 aliphatic rings. The molecule has 1 heterocycles. The zero-order chi connectivity index (χ0) is 11.6. The quantitative estimate of drug-likeness (QED) is 0.783. The molecule has 0 fully saturated rings. The fourth-order valence-electron chi connectivity index (χ4n) is 1.78. The number of nitrogens with zero attached hydrogens (tertiary/aromatic N) is 2. The minimum absolute atomic E-state index is 0.233. The first-order valence-electron chi connectivity index (χ1n) is 5.17. The minimum Gasteiger partial charge on any atom is -0.383 e. The Hall–Kier alpha value is -1.52. The van der Waals surface area contributed by atoms with Gasteiger partial charge >= 0.3 is 0 Å². The summed E-state index contributed by atoms with van der Waals surface area (Å²) in [5, 5.41) is 4.26. The van der Waals surface area contributed by atoms with Crippen molar-refractivity contribution in [3.63, 3.8) is 0 Å². The van der Waals surface area contributed by atoms with E-state index in [9.17, 15) is 4.79 Å². The molecule has 4 N–H and O–H groups in total. The first kappa shape index (κ1) is 11.6. The second-order valence-corrected chi connectivity index (χ2v) is 3.62. The summed E-state index contributed by atoms with van der Waals surface area (Å²) in [5.41, 5.74) is 12.0. The first-order chi connectivity index (χ1) is 7.02. The summed E-state index contributed by atoms with van der Waals surface area (Å²) in [7, 11) is 0. The highest BCUT2D eigenvalue weighted by molar-refractivity contribution is 5.98. The van der Waals surface area contributed by atoms with Gasteiger partial charge in [-0.25, -0.2) is 4.68 Å². The van der Waals surface area contributed by atoms with E-state index in [1.807, 2.05) is 0 Å². The van der Waals surface area contributed by atoms with E-state index < -0.39 is 5.91 Å². The molecule has 84 valence electrons. The maximum Gasteiger partial charge on any atom is 0.254 e. The molecule has 0 saturated heterocycles. The molecule has 1 aromatic heterocycles. The maximum atomic E-state index is 11.1. The van der Waals surface area contributed by atoms with Crippen LogP contribution in [0.2, 0.25) is 0 Å². The second kappa shape index (κ2) is 4.33. The molecule has 0 aromatic carbocycles. The van der Waals surface area contributed by atoms with Crippen LogP contribution in [-0.4, -0.2) is 15.7 Å². The molecule has 1 amide bonds. The average molecular weight is 210 g/mol. The lowest BCUT2D eigenvalue weighted by atomic mass is 10.1. The SMILES string of the molecule is CCC(CC)n1nc(C)c(C(N)=O)c1N. The monoisotopic (exact) mass is 210 g/mol. The van der Waals surface area contributed by atoms with Crippen LogP contribution in [0.5, 0.6) is 0 Å². The molecule has 1 rings (SSSR count). The predicted octanol–water partition coefficient (Wildman–Crippen LogP) is 1.23. The molecule has 0 atom stereocenters. The number of carbonyl (C=O) groups is 1. The van der Waals surface area contributed by atoms with Crippen LogP contribution in [0.25, 0.3) is 0 Å². The van der Waals surface area contributed by atoms with Crippen molar-refractivity contribution < 1.29 is 4.79 Å². The lowest BCUT2D eigenvalue weighted by Crippen LogP contribution is -2.16. The molecular weight excluding hydrogens is 192 g/mol. The summed E-state index contributed by atoms with van der Waals surface area (Å²) >= 11 is 0. The number of primary amides is 1. The Morgan fingerprint density at radius 3 is 2.33 bits per heavy atom. The largest absolute Gasteiger partial charge is 0.383 e. The smallest absolute Gasteiger partial charge is 0.254 e. The highest BCUT2D eigenvalue weighted by Crippen LogP contribution is 2.23. The highest BCUT2D eigenvalue weighted by Gasteiger charge is 2.20. The zero-order valence-electron chi connectivity index (χ0n) is 9.45. The third-order valence-electron chi connectivity index (χ3n) is 2.66. The number of carbonyl (C=O) groups excluding carboxylic acids is 1. The Morgan fingerprint density at radius 1 is 1.47 bits per heavy atom. The van der Waals surface area contributed by atoms with Gasteiger partial charge in [0.05, 0.1) is 11.7 Å². The van der Waals surface area contributed by atoms with Gasteiger partial charge in [-0.15, -0.1) is 0 Å². The maximum absolute atomic E-state index is 11.1. The van der Waals surface area contributed by atoms with Crippen molar-refractivity contribution in [2.45, 2.75) is 39.7 Å². The van der Waals surface area contributed by atoms with Gasteiger partial charge in [0.25, 0.3) is 5.91 Å². The Morgan fingerprint density at radius 2 is 2.00 bits per heavy atom. The van der Waals surface area contributed by atoms with Crippen LogP contribution in [0, 0.1) is 6.92 Å². The van der Waals surface area contributed by atoms with Gasteiger partial charge in [0.15, 0.2) is 0 Å². The van der Waals surface area contributed by atoms with Crippen molar-refractivity contribution in [1.29, 1.82) is 0 Å². The normalized spacial score (nSPS) is 10.9. The molecule has 0 bridgehead atoms. The fraction of sp³-hybridized carbons (Fsp3) is 0.600. The Bertz CT molecular complexity index is 366. The van der Waals surface area contributed by atoms with Crippen LogP contribution >= 0.6 is 0 Å². The number of hydrogen-bond donors (Lipinski definition) is 2. The second-order valence-electron chi connectivity index (χ2n) is 3.62. The molecule has 0 saturated carbocycles. The number of aryl methyl sites for hydroxylation is 1. The van der Waals surface area contributed by atoms with Gasteiger partial charge in [-0.05, 0) is 19.8 Å². The van der Waals surface area contributed by atoms with Crippen LogP contribution in [0.15, 0.2) is 0 Å². The van der Waals surface area contributed by atoms with Gasteiger partial charge in [0, 0.05) is 0 Å². The van der Waals surface area contributed by atoms with E-state index in [4.69, 9.17) is 11.5 Å². The van der Waals surface area contributed by atoms with Crippen LogP contribution in [0.3, 0.4) is 0 Å². The number of amides is 1. The summed E-state index contributed by atoms with van der Waals surface area (Å²) in [6.45, 7) is 5.87. The van der Waals surface area contributed by atoms with Crippen molar-refractivity contribution in [1.82, 2.24) is 9.78 Å². The summed E-state index contributed by atoms with van der Waals surface area (Å²) in [4.78, 5) is 11.1. The van der Waals surface area contributed by atoms with Crippen molar-refractivity contribution in [3.05, 3.63) is 11.3 Å². The van der Waals surface area contributed by atoms with Crippen molar-refractivity contribution in [3.8, 4) is 0 Å². The van der Waals surface area contributed by atoms with Gasteiger partial charge in [-0.2, -0.15) is 5.10 Å². The van der Waals surface area contributed by atoms with Crippen LogP contribution < -0.4 is 11.5 Å². The van der Waals surface area contributed by atoms with E-state index in [1.54, 1.807) is 11.6 Å². The standard InChI is InChI=1S/C10H18N4O/c1-4-7(5-2)14-9(11)8(10(12)15)6(3)13-14/h7H,4-5,11H2,1-3H3,(H2,12,15). The van der Waals surface area contributed by atoms with E-state index in [2.05, 4.69) is 18.9 Å². The Kier molecular flexibility index (Phi) is 3.34. The lowest BCUT2D eigenvalue weighted by Gasteiger charge is -2.14. The third-order valence-corrected chi connectivity index (χ3v) is 2.66. The number of hydrogen-bond acceptors (Lipinski definition) is 3. The van der Waals surface area contributed by atoms with E-state index in [1.165, 1.54) is 0 Å². The van der Waals surface area contributed by atoms with Crippen LogP contribution in [0.4, 0.5) is 5.82 Å². The van der Waals surface area contributed by atoms with E-state index in [-0.39, 0.29) is 6.04 Å². The Labute approximate surface area is 89.4 Å². The number of nitrogen functional groups attached to an aromatic ring is 1. The van der Waals surface area contributed by atoms with Gasteiger partial charge < -0.3 is 11.5 Å². The molecule has 0 unspecified atom stereocenters. The molecule has 0 radical (unpaired) electrons. The lowest BCUT2D eigenvalue weighted by molar-refractivity contribution is 0.100. The average Bonchev–Trinajstić information content (AvgIpc) is 2.44. The van der Waals surface area contributed by atoms with Gasteiger partial charge in [0.2, 0.25) is 0 Å². The summed E-state index contributed by atoms with van der Waals surface area (Å²) in [6, 6.07) is 0.233. The molecule has 15 heavy (non-hydrogen) atoms. The summed E-state index contributed by atoms with van der Waals surface area (Å²) in [6.07, 6.45) is 1.86. The van der Waals surface area contributed by atoms with E-state index in [0.717, 1.165) is 12.8 Å². The number of nitrogens with two attached hydrogens (primary N) is 2. The molecule has 0 spiro atoms. The number of anilines is 1. The molecule has 1 aromatic rings. The van der Waals surface area contributed by atoms with Crippen LogP contribution in [-0.2, 0) is 0 Å². The third kappa shape index (κ3) is 1.95. The number of aromatic nitrogens is 2. The minimum atomic E-state index is -0.512. The topological polar surface area (TPSA) is 86.9 Å². The summed E-state index contributed by atoms with van der Waals surface area (Å²) < 4.78 is 1.70. The van der Waals surface area contributed by atoms with Crippen molar-refractivity contribution >= 4 is 11.7 Å². The molecular formula is C10H18N4O. The molecule has 0 aliphatic heterocycles. The van der Waals surface area contributed by atoms with E-state index in [0.29, 0.717) is 17.1 Å². The molecule has 0 aliphatic carbocycles. The highest BCUT2D eigenvalue weighted by atomic mass is 16.1. The van der Waals surface area contributed by atoms with Gasteiger partial charge in [0.1, 0.15) is 11.4 Å². The van der Waals surface area contributed by atoms with Gasteiger partial charge in [-0.3, -0.25) is 4.79 Å². The predicted molar refractivity (Wildman–Crippen MR) is 59.5 cm³/mol. The van der Waals surface area contributed by atoms with Crippen molar-refractivity contribution in [2.75, 3.05) is 5.73 Å². The fourth-order valence-corrected chi connectivity index (χ4v) is 1.78. The van der Waals surface area contributed by atoms with E-state index >= 15 is 0 Å². The zero-order valence-corrected chi connectivity index (χ0v) is 9.45. The molecule has 5 heteroatoms. The first-order valence-corrected chi connectivity index (χ1v) is 5.17. The van der Waals surface area contributed by atoms with Crippen LogP contribution in [0.1, 0.15) is 48.8 Å².